The summed E-state index contributed by atoms with van der Waals surface area (Å²) >= 11 is 0. The molecule has 0 aromatic rings. The molecule has 0 aromatic heterocycles. The molecule has 0 spiro atoms. The number of carbonyl (C=O) groups is 1. The zero-order valence-corrected chi connectivity index (χ0v) is 10.4. The Morgan fingerprint density at radius 3 is 2.50 bits per heavy atom. The minimum atomic E-state index is -0.896. The summed E-state index contributed by atoms with van der Waals surface area (Å²) in [7, 11) is 0. The molecule has 0 unspecified atom stereocenters. The molecule has 12 heavy (non-hydrogen) atoms. The van der Waals surface area contributed by atoms with E-state index in [9.17, 15) is 4.79 Å². The van der Waals surface area contributed by atoms with E-state index in [2.05, 4.69) is 5.32 Å². The van der Waals surface area contributed by atoms with Crippen molar-refractivity contribution in [3.63, 3.8) is 0 Å². The van der Waals surface area contributed by atoms with Crippen LogP contribution in [0.5, 0.6) is 0 Å². The molecule has 0 saturated carbocycles. The van der Waals surface area contributed by atoms with Gasteiger partial charge in [-0.2, -0.15) is 0 Å². The van der Waals surface area contributed by atoms with Gasteiger partial charge < -0.3 is 15.5 Å². The van der Waals surface area contributed by atoms with Crippen LogP contribution in [0.3, 0.4) is 0 Å². The average Bonchev–Trinajstić information content (AvgIpc) is 1.97. The number of carboxylic acids is 1. The fourth-order valence-electron chi connectivity index (χ4n) is 0.761. The SMILES string of the molecule is CCCN[C@@H](CCO)C(=O)O.[Zn]. The summed E-state index contributed by atoms with van der Waals surface area (Å²) in [5, 5.41) is 19.8. The molecule has 0 aliphatic rings. The molecule has 0 radical (unpaired) electrons. The van der Waals surface area contributed by atoms with Crippen molar-refractivity contribution < 1.29 is 34.5 Å². The van der Waals surface area contributed by atoms with E-state index in [1.807, 2.05) is 6.92 Å². The van der Waals surface area contributed by atoms with Gasteiger partial charge in [0.2, 0.25) is 0 Å². The van der Waals surface area contributed by atoms with Gasteiger partial charge in [0.15, 0.2) is 0 Å². The van der Waals surface area contributed by atoms with Crippen molar-refractivity contribution in [2.24, 2.45) is 0 Å². The molecule has 1 atom stereocenters. The summed E-state index contributed by atoms with van der Waals surface area (Å²) in [5.74, 6) is -0.896. The van der Waals surface area contributed by atoms with Gasteiger partial charge in [0.25, 0.3) is 0 Å². The first-order valence-corrected chi connectivity index (χ1v) is 3.79. The second-order valence-corrected chi connectivity index (χ2v) is 2.36. The van der Waals surface area contributed by atoms with Crippen molar-refractivity contribution in [3.8, 4) is 0 Å². The van der Waals surface area contributed by atoms with Crippen LogP contribution >= 0.6 is 0 Å². The minimum absolute atomic E-state index is 0. The van der Waals surface area contributed by atoms with E-state index in [0.717, 1.165) is 6.42 Å². The molecular formula is C7H15NO3Zn. The summed E-state index contributed by atoms with van der Waals surface area (Å²) in [6.45, 7) is 2.55. The Hall–Kier alpha value is 0.0134. The van der Waals surface area contributed by atoms with Crippen molar-refractivity contribution in [3.05, 3.63) is 0 Å². The standard InChI is InChI=1S/C7H15NO3.Zn/c1-2-4-8-6(3-5-9)7(10)11;/h6,8-9H,2-5H2,1H3,(H,10,11);/t6-;/m0./s1. The maximum absolute atomic E-state index is 10.4. The van der Waals surface area contributed by atoms with Crippen LogP contribution < -0.4 is 5.32 Å². The topological polar surface area (TPSA) is 69.6 Å². The quantitative estimate of drug-likeness (QED) is 0.550. The van der Waals surface area contributed by atoms with Crippen molar-refractivity contribution in [1.29, 1.82) is 0 Å². The number of carboxylic acid groups (broad SMARTS) is 1. The number of aliphatic hydroxyl groups is 1. The van der Waals surface area contributed by atoms with E-state index < -0.39 is 12.0 Å². The van der Waals surface area contributed by atoms with Gasteiger partial charge in [0.05, 0.1) is 0 Å². The van der Waals surface area contributed by atoms with Gasteiger partial charge in [-0.25, -0.2) is 0 Å². The van der Waals surface area contributed by atoms with Gasteiger partial charge >= 0.3 is 5.97 Å². The fraction of sp³-hybridized carbons (Fsp3) is 0.857. The number of aliphatic hydroxyl groups excluding tert-OH is 1. The van der Waals surface area contributed by atoms with Crippen molar-refractivity contribution in [2.45, 2.75) is 25.8 Å². The van der Waals surface area contributed by atoms with E-state index in [4.69, 9.17) is 10.2 Å². The zero-order chi connectivity index (χ0) is 8.69. The van der Waals surface area contributed by atoms with Gasteiger partial charge in [0.1, 0.15) is 6.04 Å². The second-order valence-electron chi connectivity index (χ2n) is 2.36. The fourth-order valence-corrected chi connectivity index (χ4v) is 0.761. The van der Waals surface area contributed by atoms with Crippen LogP contribution in [-0.4, -0.2) is 35.4 Å². The van der Waals surface area contributed by atoms with Crippen LogP contribution in [0.25, 0.3) is 0 Å². The Labute approximate surface area is 85.1 Å². The largest absolute Gasteiger partial charge is 0.480 e. The number of aliphatic carboxylic acids is 1. The number of hydrogen-bond donors (Lipinski definition) is 3. The van der Waals surface area contributed by atoms with Gasteiger partial charge in [-0.05, 0) is 19.4 Å². The third kappa shape index (κ3) is 6.71. The van der Waals surface area contributed by atoms with Gasteiger partial charge in [0, 0.05) is 26.1 Å². The van der Waals surface area contributed by atoms with Crippen LogP contribution in [0.2, 0.25) is 0 Å². The first-order chi connectivity index (χ1) is 5.22. The van der Waals surface area contributed by atoms with E-state index in [0.29, 0.717) is 6.54 Å². The average molecular weight is 227 g/mol. The molecule has 0 aliphatic carbocycles. The Kier molecular flexibility index (Phi) is 11.0. The Morgan fingerprint density at radius 1 is 1.58 bits per heavy atom. The molecule has 0 aromatic carbocycles. The van der Waals surface area contributed by atoms with Crippen LogP contribution in [0.4, 0.5) is 0 Å². The maximum atomic E-state index is 10.4. The van der Waals surface area contributed by atoms with Gasteiger partial charge in [-0.1, -0.05) is 6.92 Å². The number of rotatable bonds is 6. The third-order valence-corrected chi connectivity index (χ3v) is 1.36. The molecule has 4 nitrogen and oxygen atoms in total. The van der Waals surface area contributed by atoms with E-state index in [1.54, 1.807) is 0 Å². The van der Waals surface area contributed by atoms with E-state index in [-0.39, 0.29) is 32.5 Å². The van der Waals surface area contributed by atoms with E-state index in [1.165, 1.54) is 0 Å². The minimum Gasteiger partial charge on any atom is -0.480 e. The van der Waals surface area contributed by atoms with Crippen LogP contribution in [0.15, 0.2) is 0 Å². The Balaban J connectivity index is 0. The predicted octanol–water partition coefficient (Wildman–Crippen LogP) is -0.181. The van der Waals surface area contributed by atoms with Gasteiger partial charge in [-0.3, -0.25) is 4.79 Å². The number of nitrogens with one attached hydrogen (secondary N) is 1. The molecule has 0 saturated heterocycles. The summed E-state index contributed by atoms with van der Waals surface area (Å²) in [4.78, 5) is 10.4. The van der Waals surface area contributed by atoms with Crippen LogP contribution in [0.1, 0.15) is 19.8 Å². The molecule has 5 heteroatoms. The first-order valence-electron chi connectivity index (χ1n) is 3.79. The summed E-state index contributed by atoms with van der Waals surface area (Å²) in [6, 6.07) is -0.597. The Bertz CT molecular complexity index is 121. The second kappa shape index (κ2) is 9.10. The maximum Gasteiger partial charge on any atom is 0.320 e. The molecule has 68 valence electrons. The first kappa shape index (κ1) is 14.5. The molecule has 3 N–H and O–H groups in total. The monoisotopic (exact) mass is 225 g/mol. The van der Waals surface area contributed by atoms with Gasteiger partial charge in [-0.15, -0.1) is 0 Å². The normalized spacial score (nSPS) is 11.8. The van der Waals surface area contributed by atoms with Crippen LogP contribution in [0, 0.1) is 0 Å². The van der Waals surface area contributed by atoms with Crippen LogP contribution in [-0.2, 0) is 24.3 Å². The van der Waals surface area contributed by atoms with Crippen molar-refractivity contribution in [1.82, 2.24) is 5.32 Å². The van der Waals surface area contributed by atoms with E-state index >= 15 is 0 Å². The molecule has 0 rings (SSSR count). The predicted molar refractivity (Wildman–Crippen MR) is 41.4 cm³/mol. The summed E-state index contributed by atoms with van der Waals surface area (Å²) in [5.41, 5.74) is 0. The Morgan fingerprint density at radius 2 is 2.17 bits per heavy atom. The summed E-state index contributed by atoms with van der Waals surface area (Å²) in [6.07, 6.45) is 1.17. The number of hydrogen-bond acceptors (Lipinski definition) is 3. The molecular weight excluding hydrogens is 211 g/mol. The van der Waals surface area contributed by atoms with Crippen molar-refractivity contribution in [2.75, 3.05) is 13.2 Å². The third-order valence-electron chi connectivity index (χ3n) is 1.36. The molecule has 0 bridgehead atoms. The summed E-state index contributed by atoms with van der Waals surface area (Å²) < 4.78 is 0. The molecule has 0 fully saturated rings. The molecule has 0 heterocycles. The van der Waals surface area contributed by atoms with Crippen molar-refractivity contribution >= 4 is 5.97 Å². The smallest absolute Gasteiger partial charge is 0.320 e. The molecule has 0 aliphatic heterocycles. The zero-order valence-electron chi connectivity index (χ0n) is 7.42. The molecule has 0 amide bonds.